The Hall–Kier alpha value is -5.18. The van der Waals surface area contributed by atoms with Gasteiger partial charge in [-0.2, -0.15) is 0 Å². The first kappa shape index (κ1) is 41.0. The molecule has 0 saturated heterocycles. The van der Waals surface area contributed by atoms with E-state index in [0.717, 1.165) is 10.5 Å². The average Bonchev–Trinajstić information content (AvgIpc) is 3.12. The number of carbonyl (C=O) groups excluding carboxylic acids is 2. The van der Waals surface area contributed by atoms with Crippen LogP contribution in [0.5, 0.6) is 11.5 Å². The molecule has 0 aliphatic carbocycles. The van der Waals surface area contributed by atoms with Gasteiger partial charge in [0.05, 0.1) is 40.3 Å². The number of anilines is 2. The van der Waals surface area contributed by atoms with Crippen molar-refractivity contribution in [2.75, 3.05) is 52.8 Å². The molecule has 1 aliphatic rings. The summed E-state index contributed by atoms with van der Waals surface area (Å²) in [6, 6.07) is 9.24. The molecule has 2 aromatic carbocycles. The van der Waals surface area contributed by atoms with Gasteiger partial charge < -0.3 is 28.6 Å². The number of aromatic nitrogens is 2. The lowest BCUT2D eigenvalue weighted by atomic mass is 9.98. The number of nitro groups is 1. The van der Waals surface area contributed by atoms with Crippen molar-refractivity contribution < 1.29 is 28.7 Å². The number of rotatable bonds is 11. The molecule has 2 amide bonds. The first-order valence-electron chi connectivity index (χ1n) is 17.5. The van der Waals surface area contributed by atoms with E-state index in [1.54, 1.807) is 42.4 Å². The van der Waals surface area contributed by atoms with E-state index >= 15 is 0 Å². The molecule has 0 spiro atoms. The predicted molar refractivity (Wildman–Crippen MR) is 214 cm³/mol. The smallest absolute Gasteiger partial charge is 0.420 e. The summed E-state index contributed by atoms with van der Waals surface area (Å²) in [5.41, 5.74) is 0.333. The second kappa shape index (κ2) is 16.7. The summed E-state index contributed by atoms with van der Waals surface area (Å²) in [5, 5.41) is 13.4. The highest BCUT2D eigenvalue weighted by Gasteiger charge is 2.33. The molecule has 1 aliphatic heterocycles. The molecule has 14 nitrogen and oxygen atoms in total. The summed E-state index contributed by atoms with van der Waals surface area (Å²) in [6.45, 7) is 8.30. The van der Waals surface area contributed by atoms with Gasteiger partial charge in [0, 0.05) is 61.9 Å². The molecule has 292 valence electrons. The third-order valence-corrected chi connectivity index (χ3v) is 9.79. The molecule has 0 radical (unpaired) electrons. The summed E-state index contributed by atoms with van der Waals surface area (Å²) in [5.74, 6) is 0.436. The Bertz CT molecular complexity index is 2220. The third kappa shape index (κ3) is 8.87. The summed E-state index contributed by atoms with van der Waals surface area (Å²) >= 11 is 13.5. The van der Waals surface area contributed by atoms with Gasteiger partial charge in [-0.15, -0.1) is 0 Å². The zero-order valence-electron chi connectivity index (χ0n) is 32.1. The molecule has 2 aromatic heterocycles. The van der Waals surface area contributed by atoms with Gasteiger partial charge in [0.15, 0.2) is 0 Å². The van der Waals surface area contributed by atoms with Crippen LogP contribution >= 0.6 is 23.2 Å². The number of pyridine rings is 2. The largest absolute Gasteiger partial charge is 0.495 e. The third-order valence-electron chi connectivity index (χ3n) is 9.04. The molecule has 0 bridgehead atoms. The van der Waals surface area contributed by atoms with Crippen LogP contribution in [0.1, 0.15) is 46.1 Å². The lowest BCUT2D eigenvalue weighted by molar-refractivity contribution is -0.384. The van der Waals surface area contributed by atoms with Crippen molar-refractivity contribution in [1.82, 2.24) is 19.4 Å². The van der Waals surface area contributed by atoms with Crippen molar-refractivity contribution >= 4 is 68.9 Å². The van der Waals surface area contributed by atoms with Gasteiger partial charge in [0.1, 0.15) is 28.6 Å². The van der Waals surface area contributed by atoms with E-state index in [0.29, 0.717) is 48.9 Å². The number of carbonyl (C=O) groups is 2. The normalized spacial score (nSPS) is 13.1. The van der Waals surface area contributed by atoms with Crippen molar-refractivity contribution in [3.63, 3.8) is 0 Å². The SMILES string of the molecule is COc1cc(OC)c(Cl)c(-c2cc3cnc(N(C(=O)OC(C)(C)C)c4ccc(C5=CCN(C(C)=O)CC5)cc4[N+](=O)[O-])cc3n(CCCN(C)C)c2=O)c1Cl. The molecular formula is C39H44Cl2N6O8. The number of fused-ring (bicyclic) bond motifs is 1. The summed E-state index contributed by atoms with van der Waals surface area (Å²) in [4.78, 5) is 61.9. The standard InChI is InChI=1S/C39H44Cl2N6O8/c1-23(48)44-16-12-24(13-17-44)25-10-11-28(30(19-25)47(51)52)46(38(50)55-39(2,3)4)33-20-29-26(22-42-33)18-27(37(49)45(29)15-9-14-43(5)6)34-35(40)31(53-7)21-32(54-8)36(34)41/h10-12,18-22H,9,13-17H2,1-8H3. The molecule has 0 unspecified atom stereocenters. The number of ether oxygens (including phenoxy) is 3. The summed E-state index contributed by atoms with van der Waals surface area (Å²) < 4.78 is 18.2. The van der Waals surface area contributed by atoms with Gasteiger partial charge in [-0.3, -0.25) is 19.7 Å². The number of nitro benzene ring substituents is 1. The molecule has 0 atom stereocenters. The molecule has 16 heteroatoms. The molecule has 5 rings (SSSR count). The maximum Gasteiger partial charge on any atom is 0.420 e. The first-order valence-corrected chi connectivity index (χ1v) is 18.3. The van der Waals surface area contributed by atoms with E-state index in [9.17, 15) is 24.5 Å². The molecule has 4 aromatic rings. The van der Waals surface area contributed by atoms with E-state index in [2.05, 4.69) is 4.98 Å². The van der Waals surface area contributed by atoms with Crippen molar-refractivity contribution in [3.8, 4) is 22.6 Å². The number of hydrogen-bond donors (Lipinski definition) is 0. The van der Waals surface area contributed by atoms with Crippen LogP contribution in [0.15, 0.2) is 53.5 Å². The van der Waals surface area contributed by atoms with Gasteiger partial charge in [0.2, 0.25) is 5.91 Å². The van der Waals surface area contributed by atoms with Gasteiger partial charge >= 0.3 is 6.09 Å². The van der Waals surface area contributed by atoms with Crippen LogP contribution in [-0.4, -0.2) is 89.8 Å². The number of halogens is 2. The van der Waals surface area contributed by atoms with E-state index in [1.807, 2.05) is 25.1 Å². The van der Waals surface area contributed by atoms with Gasteiger partial charge in [-0.05, 0) is 77.5 Å². The van der Waals surface area contributed by atoms with E-state index in [4.69, 9.17) is 37.4 Å². The Morgan fingerprint density at radius 3 is 2.25 bits per heavy atom. The van der Waals surface area contributed by atoms with E-state index in [1.165, 1.54) is 51.6 Å². The highest BCUT2D eigenvalue weighted by atomic mass is 35.5. The Balaban J connectivity index is 1.74. The second-order valence-corrected chi connectivity index (χ2v) is 15.0. The number of benzene rings is 2. The Morgan fingerprint density at radius 1 is 1.04 bits per heavy atom. The lowest BCUT2D eigenvalue weighted by Crippen LogP contribution is -2.35. The minimum absolute atomic E-state index is 0.0146. The van der Waals surface area contributed by atoms with Gasteiger partial charge in [-0.1, -0.05) is 35.3 Å². The molecule has 0 fully saturated rings. The monoisotopic (exact) mass is 794 g/mol. The van der Waals surface area contributed by atoms with Crippen LogP contribution in [0.2, 0.25) is 10.0 Å². The molecular weight excluding hydrogens is 751 g/mol. The number of methoxy groups -OCH3 is 2. The number of hydrogen-bond acceptors (Lipinski definition) is 10. The van der Waals surface area contributed by atoms with Crippen LogP contribution in [0.25, 0.3) is 27.6 Å². The molecule has 0 N–H and O–H groups in total. The maximum absolute atomic E-state index is 14.5. The molecule has 3 heterocycles. The first-order chi connectivity index (χ1) is 25.9. The van der Waals surface area contributed by atoms with E-state index < -0.39 is 22.2 Å². The zero-order valence-corrected chi connectivity index (χ0v) is 33.6. The summed E-state index contributed by atoms with van der Waals surface area (Å²) in [7, 11) is 6.72. The zero-order chi connectivity index (χ0) is 40.4. The fourth-order valence-corrected chi connectivity index (χ4v) is 7.06. The minimum atomic E-state index is -0.976. The quantitative estimate of drug-likeness (QED) is 0.108. The van der Waals surface area contributed by atoms with Crippen molar-refractivity contribution in [3.05, 3.63) is 84.7 Å². The van der Waals surface area contributed by atoms with Crippen molar-refractivity contribution in [2.24, 2.45) is 0 Å². The van der Waals surface area contributed by atoms with Crippen molar-refractivity contribution in [2.45, 2.75) is 52.7 Å². The summed E-state index contributed by atoms with van der Waals surface area (Å²) in [6.07, 6.45) is 3.50. The number of aryl methyl sites for hydroxylation is 1. The van der Waals surface area contributed by atoms with Crippen LogP contribution < -0.4 is 19.9 Å². The second-order valence-electron chi connectivity index (χ2n) is 14.3. The average molecular weight is 796 g/mol. The Morgan fingerprint density at radius 2 is 1.71 bits per heavy atom. The fraction of sp³-hybridized carbons (Fsp3) is 0.385. The Kier molecular flexibility index (Phi) is 12.4. The van der Waals surface area contributed by atoms with Crippen LogP contribution in [0.4, 0.5) is 22.0 Å². The topological polar surface area (TPSA) is 150 Å². The van der Waals surface area contributed by atoms with Crippen LogP contribution in [0, 0.1) is 10.1 Å². The number of amides is 2. The van der Waals surface area contributed by atoms with E-state index in [-0.39, 0.29) is 62.3 Å². The van der Waals surface area contributed by atoms with Crippen molar-refractivity contribution in [1.29, 1.82) is 0 Å². The molecule has 0 saturated carbocycles. The number of nitrogens with zero attached hydrogens (tertiary/aromatic N) is 6. The fourth-order valence-electron chi connectivity index (χ4n) is 6.35. The highest BCUT2D eigenvalue weighted by Crippen LogP contribution is 2.46. The van der Waals surface area contributed by atoms with Crippen LogP contribution in [-0.2, 0) is 16.1 Å². The highest BCUT2D eigenvalue weighted by molar-refractivity contribution is 6.41. The van der Waals surface area contributed by atoms with Crippen LogP contribution in [0.3, 0.4) is 0 Å². The molecule has 55 heavy (non-hydrogen) atoms. The minimum Gasteiger partial charge on any atom is -0.495 e. The Labute approximate surface area is 328 Å². The maximum atomic E-state index is 14.5. The lowest BCUT2D eigenvalue weighted by Gasteiger charge is -2.28. The van der Waals surface area contributed by atoms with Gasteiger partial charge in [-0.25, -0.2) is 14.7 Å². The van der Waals surface area contributed by atoms with Gasteiger partial charge in [0.25, 0.3) is 11.2 Å². The predicted octanol–water partition coefficient (Wildman–Crippen LogP) is 7.96.